The van der Waals surface area contributed by atoms with Crippen LogP contribution in [0.1, 0.15) is 39.0 Å². The van der Waals surface area contributed by atoms with Gasteiger partial charge in [0.2, 0.25) is 5.91 Å². The molecule has 1 amide bonds. The minimum Gasteiger partial charge on any atom is -0.381 e. The smallest absolute Gasteiger partial charge is 0.236 e. The number of carbonyl (C=O) groups excluding carboxylic acids is 1. The van der Waals surface area contributed by atoms with Crippen LogP contribution < -0.4 is 5.32 Å². The van der Waals surface area contributed by atoms with Crippen LogP contribution in [0.15, 0.2) is 0 Å². The Bertz CT molecular complexity index is 217. The number of carbonyl (C=O) groups is 1. The first-order valence-electron chi connectivity index (χ1n) is 6.79. The molecule has 17 heavy (non-hydrogen) atoms. The van der Waals surface area contributed by atoms with E-state index in [1.54, 1.807) is 0 Å². The van der Waals surface area contributed by atoms with Gasteiger partial charge < -0.3 is 15.0 Å². The van der Waals surface area contributed by atoms with Gasteiger partial charge in [-0.2, -0.15) is 0 Å². The van der Waals surface area contributed by atoms with Crippen molar-refractivity contribution >= 4 is 5.91 Å². The van der Waals surface area contributed by atoms with Crippen LogP contribution in [-0.2, 0) is 9.53 Å². The molecule has 4 nitrogen and oxygen atoms in total. The van der Waals surface area contributed by atoms with Crippen molar-refractivity contribution in [3.05, 3.63) is 0 Å². The third-order valence-electron chi connectivity index (χ3n) is 3.05. The van der Waals surface area contributed by atoms with Crippen LogP contribution in [0.4, 0.5) is 0 Å². The van der Waals surface area contributed by atoms with Gasteiger partial charge in [-0.15, -0.1) is 0 Å². The van der Waals surface area contributed by atoms with Crippen molar-refractivity contribution in [3.63, 3.8) is 0 Å². The first-order valence-corrected chi connectivity index (χ1v) is 6.79. The molecule has 0 unspecified atom stereocenters. The number of rotatable bonds is 10. The summed E-state index contributed by atoms with van der Waals surface area (Å²) < 4.78 is 5.44. The van der Waals surface area contributed by atoms with Crippen molar-refractivity contribution in [3.8, 4) is 0 Å². The van der Waals surface area contributed by atoms with E-state index in [0.717, 1.165) is 32.6 Å². The zero-order valence-electron chi connectivity index (χ0n) is 11.2. The Hall–Kier alpha value is -0.610. The van der Waals surface area contributed by atoms with Gasteiger partial charge in [0, 0.05) is 26.3 Å². The number of unbranched alkanes of at least 4 members (excludes halogenated alkanes) is 1. The summed E-state index contributed by atoms with van der Waals surface area (Å²) in [7, 11) is 1.90. The SMILES string of the molecule is CCCCOCCCNCC(=O)N(C)C1CC1. The van der Waals surface area contributed by atoms with Gasteiger partial charge in [-0.05, 0) is 32.2 Å². The lowest BCUT2D eigenvalue weighted by atomic mass is 10.3. The number of nitrogens with zero attached hydrogens (tertiary/aromatic N) is 1. The highest BCUT2D eigenvalue weighted by atomic mass is 16.5. The fraction of sp³-hybridized carbons (Fsp3) is 0.923. The molecule has 0 aromatic rings. The molecule has 4 heteroatoms. The third-order valence-corrected chi connectivity index (χ3v) is 3.05. The standard InChI is InChI=1S/C13H26N2O2/c1-3-4-9-17-10-5-8-14-11-13(16)15(2)12-6-7-12/h12,14H,3-11H2,1-2H3. The summed E-state index contributed by atoms with van der Waals surface area (Å²) in [5.74, 6) is 0.208. The van der Waals surface area contributed by atoms with Crippen molar-refractivity contribution in [2.75, 3.05) is 33.4 Å². The van der Waals surface area contributed by atoms with Crippen LogP contribution in [0, 0.1) is 0 Å². The molecule has 0 spiro atoms. The van der Waals surface area contributed by atoms with Gasteiger partial charge in [-0.1, -0.05) is 13.3 Å². The Balaban J connectivity index is 1.84. The highest BCUT2D eigenvalue weighted by molar-refractivity contribution is 5.78. The van der Waals surface area contributed by atoms with Gasteiger partial charge in [0.1, 0.15) is 0 Å². The Morgan fingerprint density at radius 1 is 1.35 bits per heavy atom. The van der Waals surface area contributed by atoms with Crippen LogP contribution in [0.5, 0.6) is 0 Å². The molecule has 1 N–H and O–H groups in total. The molecule has 1 aliphatic rings. The van der Waals surface area contributed by atoms with Crippen molar-refractivity contribution < 1.29 is 9.53 Å². The molecule has 0 atom stereocenters. The van der Waals surface area contributed by atoms with Gasteiger partial charge in [-0.25, -0.2) is 0 Å². The van der Waals surface area contributed by atoms with E-state index in [1.165, 1.54) is 19.3 Å². The first-order chi connectivity index (χ1) is 8.25. The Morgan fingerprint density at radius 3 is 2.71 bits per heavy atom. The normalized spacial score (nSPS) is 14.9. The van der Waals surface area contributed by atoms with E-state index in [0.29, 0.717) is 12.6 Å². The second kappa shape index (κ2) is 8.48. The topological polar surface area (TPSA) is 41.6 Å². The second-order valence-electron chi connectivity index (χ2n) is 4.73. The fourth-order valence-electron chi connectivity index (χ4n) is 1.63. The molecule has 0 aromatic heterocycles. The molecule has 0 saturated heterocycles. The van der Waals surface area contributed by atoms with Crippen molar-refractivity contribution in [1.29, 1.82) is 0 Å². The van der Waals surface area contributed by atoms with Gasteiger partial charge in [0.05, 0.1) is 6.54 Å². The van der Waals surface area contributed by atoms with E-state index in [2.05, 4.69) is 12.2 Å². The quantitative estimate of drug-likeness (QED) is 0.589. The van der Waals surface area contributed by atoms with Crippen LogP contribution in [-0.4, -0.2) is 50.2 Å². The number of nitrogens with one attached hydrogen (secondary N) is 1. The van der Waals surface area contributed by atoms with Crippen LogP contribution in [0.3, 0.4) is 0 Å². The molecule has 1 aliphatic carbocycles. The predicted molar refractivity (Wildman–Crippen MR) is 69.0 cm³/mol. The molecule has 100 valence electrons. The third kappa shape index (κ3) is 6.64. The van der Waals surface area contributed by atoms with Gasteiger partial charge in [0.25, 0.3) is 0 Å². The molecule has 0 heterocycles. The Kier molecular flexibility index (Phi) is 7.21. The minimum absolute atomic E-state index is 0.208. The number of hydrogen-bond acceptors (Lipinski definition) is 3. The summed E-state index contributed by atoms with van der Waals surface area (Å²) in [6.07, 6.45) is 5.64. The van der Waals surface area contributed by atoms with Crippen LogP contribution in [0.25, 0.3) is 0 Å². The fourth-order valence-corrected chi connectivity index (χ4v) is 1.63. The molecule has 0 aliphatic heterocycles. The predicted octanol–water partition coefficient (Wildman–Crippen LogP) is 1.40. The molecule has 0 bridgehead atoms. The van der Waals surface area contributed by atoms with Crippen molar-refractivity contribution in [2.45, 2.75) is 45.1 Å². The molecule has 1 saturated carbocycles. The average molecular weight is 242 g/mol. The van der Waals surface area contributed by atoms with E-state index < -0.39 is 0 Å². The highest BCUT2D eigenvalue weighted by Crippen LogP contribution is 2.24. The summed E-state index contributed by atoms with van der Waals surface area (Å²) in [6, 6.07) is 0.515. The summed E-state index contributed by atoms with van der Waals surface area (Å²) in [5.41, 5.74) is 0. The van der Waals surface area contributed by atoms with E-state index in [4.69, 9.17) is 4.74 Å². The highest BCUT2D eigenvalue weighted by Gasteiger charge is 2.28. The van der Waals surface area contributed by atoms with E-state index >= 15 is 0 Å². The van der Waals surface area contributed by atoms with E-state index in [-0.39, 0.29) is 5.91 Å². The maximum absolute atomic E-state index is 11.6. The largest absolute Gasteiger partial charge is 0.381 e. The van der Waals surface area contributed by atoms with E-state index in [9.17, 15) is 4.79 Å². The van der Waals surface area contributed by atoms with Gasteiger partial charge >= 0.3 is 0 Å². The lowest BCUT2D eigenvalue weighted by molar-refractivity contribution is -0.129. The Morgan fingerprint density at radius 2 is 2.06 bits per heavy atom. The number of amides is 1. The molecule has 0 aromatic carbocycles. The average Bonchev–Trinajstić information content (AvgIpc) is 3.15. The number of ether oxygens (including phenoxy) is 1. The summed E-state index contributed by atoms with van der Waals surface area (Å²) in [4.78, 5) is 13.5. The lowest BCUT2D eigenvalue weighted by Gasteiger charge is -2.16. The Labute approximate surface area is 105 Å². The van der Waals surface area contributed by atoms with Crippen LogP contribution in [0.2, 0.25) is 0 Å². The van der Waals surface area contributed by atoms with E-state index in [1.807, 2.05) is 11.9 Å². The summed E-state index contributed by atoms with van der Waals surface area (Å²) >= 11 is 0. The second-order valence-corrected chi connectivity index (χ2v) is 4.73. The molecule has 0 radical (unpaired) electrons. The van der Waals surface area contributed by atoms with Gasteiger partial charge in [0.15, 0.2) is 0 Å². The zero-order valence-corrected chi connectivity index (χ0v) is 11.2. The molecular formula is C13H26N2O2. The van der Waals surface area contributed by atoms with Gasteiger partial charge in [-0.3, -0.25) is 4.79 Å². The maximum atomic E-state index is 11.6. The number of likely N-dealkylation sites (N-methyl/N-ethyl adjacent to an activating group) is 1. The van der Waals surface area contributed by atoms with Crippen molar-refractivity contribution in [2.24, 2.45) is 0 Å². The maximum Gasteiger partial charge on any atom is 0.236 e. The van der Waals surface area contributed by atoms with Crippen molar-refractivity contribution in [1.82, 2.24) is 10.2 Å². The lowest BCUT2D eigenvalue weighted by Crippen LogP contribution is -2.37. The minimum atomic E-state index is 0.208. The molecule has 1 rings (SSSR count). The summed E-state index contributed by atoms with van der Waals surface area (Å²) in [5, 5.41) is 3.17. The van der Waals surface area contributed by atoms with Crippen LogP contribution >= 0.6 is 0 Å². The molecule has 1 fully saturated rings. The monoisotopic (exact) mass is 242 g/mol. The first kappa shape index (κ1) is 14.5. The number of hydrogen-bond donors (Lipinski definition) is 1. The zero-order chi connectivity index (χ0) is 12.5. The summed E-state index contributed by atoms with van der Waals surface area (Å²) in [6.45, 7) is 5.13. The molecular weight excluding hydrogens is 216 g/mol.